The van der Waals surface area contributed by atoms with Crippen molar-refractivity contribution in [2.45, 2.75) is 18.7 Å². The van der Waals surface area contributed by atoms with Gasteiger partial charge in [-0.2, -0.15) is 0 Å². The first kappa shape index (κ1) is 25.7. The highest BCUT2D eigenvalue weighted by atomic mass is 32.2. The number of benzene rings is 3. The minimum Gasteiger partial charge on any atom is -0.497 e. The Morgan fingerprint density at radius 2 is 1.71 bits per heavy atom. The number of esters is 1. The van der Waals surface area contributed by atoms with Crippen molar-refractivity contribution < 1.29 is 31.9 Å². The number of hydrogen-bond donors (Lipinski definition) is 1. The van der Waals surface area contributed by atoms with Gasteiger partial charge >= 0.3 is 5.97 Å². The minimum absolute atomic E-state index is 0.144. The molecule has 0 spiro atoms. The zero-order valence-electron chi connectivity index (χ0n) is 19.4. The van der Waals surface area contributed by atoms with Gasteiger partial charge in [0.25, 0.3) is 10.0 Å². The van der Waals surface area contributed by atoms with E-state index in [1.165, 1.54) is 55.6 Å². The maximum Gasteiger partial charge on any atom is 0.338 e. The number of nitrogens with zero attached hydrogens (tertiary/aromatic N) is 1. The molecule has 0 atom stereocenters. The van der Waals surface area contributed by atoms with Crippen molar-refractivity contribution in [2.24, 2.45) is 0 Å². The van der Waals surface area contributed by atoms with Gasteiger partial charge in [0.2, 0.25) is 5.91 Å². The molecule has 8 nitrogen and oxygen atoms in total. The number of hydrogen-bond acceptors (Lipinski definition) is 6. The van der Waals surface area contributed by atoms with Gasteiger partial charge in [-0.1, -0.05) is 18.2 Å². The number of carbonyl (C=O) groups is 2. The van der Waals surface area contributed by atoms with E-state index in [-0.39, 0.29) is 22.8 Å². The number of ether oxygens (including phenoxy) is 2. The van der Waals surface area contributed by atoms with E-state index in [9.17, 15) is 22.4 Å². The van der Waals surface area contributed by atoms with Crippen LogP contribution in [0.2, 0.25) is 0 Å². The third-order valence-electron chi connectivity index (χ3n) is 5.08. The van der Waals surface area contributed by atoms with Gasteiger partial charge in [-0.3, -0.25) is 9.10 Å². The predicted molar refractivity (Wildman–Crippen MR) is 130 cm³/mol. The summed E-state index contributed by atoms with van der Waals surface area (Å²) in [4.78, 5) is 24.9. The molecule has 0 saturated heterocycles. The summed E-state index contributed by atoms with van der Waals surface area (Å²) in [5.41, 5.74) is 0.887. The summed E-state index contributed by atoms with van der Waals surface area (Å²) in [5, 5.41) is 2.61. The Kier molecular flexibility index (Phi) is 8.08. The van der Waals surface area contributed by atoms with Crippen molar-refractivity contribution in [3.63, 3.8) is 0 Å². The Labute approximate surface area is 203 Å². The second kappa shape index (κ2) is 11.0. The van der Waals surface area contributed by atoms with Crippen LogP contribution in [0.15, 0.2) is 71.6 Å². The van der Waals surface area contributed by atoms with Crippen LogP contribution in [0.3, 0.4) is 0 Å². The highest BCUT2D eigenvalue weighted by molar-refractivity contribution is 7.92. The number of amides is 1. The number of rotatable bonds is 9. The Hall–Kier alpha value is -3.92. The molecule has 0 heterocycles. The van der Waals surface area contributed by atoms with Crippen molar-refractivity contribution >= 4 is 33.3 Å². The van der Waals surface area contributed by atoms with Crippen molar-refractivity contribution in [1.82, 2.24) is 0 Å². The van der Waals surface area contributed by atoms with Crippen LogP contribution in [0.1, 0.15) is 22.8 Å². The van der Waals surface area contributed by atoms with Gasteiger partial charge in [0.1, 0.15) is 18.1 Å². The molecular formula is C25H25FN2O6S. The zero-order chi connectivity index (χ0) is 25.6. The molecule has 0 radical (unpaired) electrons. The number of methoxy groups -OCH3 is 1. The van der Waals surface area contributed by atoms with E-state index in [4.69, 9.17) is 9.47 Å². The molecule has 0 saturated carbocycles. The predicted octanol–water partition coefficient (Wildman–Crippen LogP) is 4.15. The Balaban J connectivity index is 1.94. The molecule has 1 N–H and O–H groups in total. The van der Waals surface area contributed by atoms with Gasteiger partial charge in [-0.25, -0.2) is 17.6 Å². The Bertz CT molecular complexity index is 1330. The van der Waals surface area contributed by atoms with E-state index in [1.54, 1.807) is 26.0 Å². The minimum atomic E-state index is -4.33. The number of anilines is 2. The lowest BCUT2D eigenvalue weighted by Gasteiger charge is -2.24. The second-order valence-electron chi connectivity index (χ2n) is 7.44. The van der Waals surface area contributed by atoms with E-state index in [0.29, 0.717) is 21.3 Å². The normalized spacial score (nSPS) is 11.0. The van der Waals surface area contributed by atoms with Gasteiger partial charge in [0.05, 0.1) is 29.9 Å². The highest BCUT2D eigenvalue weighted by Gasteiger charge is 2.29. The lowest BCUT2D eigenvalue weighted by Crippen LogP contribution is -2.38. The lowest BCUT2D eigenvalue weighted by atomic mass is 10.1. The maximum atomic E-state index is 14.7. The van der Waals surface area contributed by atoms with Gasteiger partial charge in [0.15, 0.2) is 0 Å². The highest BCUT2D eigenvalue weighted by Crippen LogP contribution is 2.27. The van der Waals surface area contributed by atoms with Crippen LogP contribution in [0.5, 0.6) is 5.75 Å². The maximum absolute atomic E-state index is 14.7. The molecule has 35 heavy (non-hydrogen) atoms. The summed E-state index contributed by atoms with van der Waals surface area (Å²) in [5.74, 6) is -1.65. The van der Waals surface area contributed by atoms with E-state index < -0.39 is 34.3 Å². The molecule has 10 heteroatoms. The monoisotopic (exact) mass is 500 g/mol. The fourth-order valence-corrected chi connectivity index (χ4v) is 4.68. The summed E-state index contributed by atoms with van der Waals surface area (Å²) < 4.78 is 52.3. The molecule has 0 bridgehead atoms. The standard InChI is InChI=1S/C25H25FN2O6S/c1-4-34-25(30)18-10-9-17(2)22(15-18)27-24(29)16-28(23-8-6-5-7-21(23)26)35(31,32)20-13-11-19(33-3)12-14-20/h5-15H,4,16H2,1-3H3,(H,27,29). The molecule has 0 aromatic heterocycles. The SMILES string of the molecule is CCOC(=O)c1ccc(C)c(NC(=O)CN(c2ccccc2F)S(=O)(=O)c2ccc(OC)cc2)c1. The number of sulfonamides is 1. The van der Waals surface area contributed by atoms with Gasteiger partial charge < -0.3 is 14.8 Å². The van der Waals surface area contributed by atoms with Crippen LogP contribution in [-0.2, 0) is 19.6 Å². The number of nitrogens with one attached hydrogen (secondary N) is 1. The molecule has 184 valence electrons. The van der Waals surface area contributed by atoms with Gasteiger partial charge in [-0.05, 0) is 67.9 Å². The molecule has 3 aromatic rings. The average molecular weight is 501 g/mol. The topological polar surface area (TPSA) is 102 Å². The smallest absolute Gasteiger partial charge is 0.338 e. The molecular weight excluding hydrogens is 475 g/mol. The quantitative estimate of drug-likeness (QED) is 0.443. The van der Waals surface area contributed by atoms with E-state index >= 15 is 0 Å². The summed E-state index contributed by atoms with van der Waals surface area (Å²) in [6.07, 6.45) is 0. The fourth-order valence-electron chi connectivity index (χ4n) is 3.25. The second-order valence-corrected chi connectivity index (χ2v) is 9.30. The molecule has 1 amide bonds. The zero-order valence-corrected chi connectivity index (χ0v) is 20.3. The van der Waals surface area contributed by atoms with Crippen LogP contribution < -0.4 is 14.4 Å². The first-order valence-corrected chi connectivity index (χ1v) is 12.1. The summed E-state index contributed by atoms with van der Waals surface area (Å²) in [6.45, 7) is 2.87. The Morgan fingerprint density at radius 3 is 2.34 bits per heavy atom. The first-order valence-electron chi connectivity index (χ1n) is 10.7. The van der Waals surface area contributed by atoms with Crippen molar-refractivity contribution in [1.29, 1.82) is 0 Å². The Morgan fingerprint density at radius 1 is 1.03 bits per heavy atom. The summed E-state index contributed by atoms with van der Waals surface area (Å²) >= 11 is 0. The third kappa shape index (κ3) is 5.96. The number of aryl methyl sites for hydroxylation is 1. The molecule has 0 unspecified atom stereocenters. The average Bonchev–Trinajstić information content (AvgIpc) is 2.84. The van der Waals surface area contributed by atoms with E-state index in [2.05, 4.69) is 5.32 Å². The first-order chi connectivity index (χ1) is 16.7. The number of carbonyl (C=O) groups excluding carboxylic acids is 2. The van der Waals surface area contributed by atoms with Crippen LogP contribution in [0.4, 0.5) is 15.8 Å². The third-order valence-corrected chi connectivity index (χ3v) is 6.85. The largest absolute Gasteiger partial charge is 0.497 e. The van der Waals surface area contributed by atoms with Crippen LogP contribution in [0.25, 0.3) is 0 Å². The molecule has 0 aliphatic heterocycles. The van der Waals surface area contributed by atoms with Crippen molar-refractivity contribution in [3.8, 4) is 5.75 Å². The van der Waals surface area contributed by atoms with E-state index in [1.807, 2.05) is 0 Å². The number of para-hydroxylation sites is 1. The van der Waals surface area contributed by atoms with Gasteiger partial charge in [0, 0.05) is 5.69 Å². The van der Waals surface area contributed by atoms with Crippen molar-refractivity contribution in [2.75, 3.05) is 29.9 Å². The molecule has 3 rings (SSSR count). The lowest BCUT2D eigenvalue weighted by molar-refractivity contribution is -0.114. The molecule has 0 fully saturated rings. The van der Waals surface area contributed by atoms with Gasteiger partial charge in [-0.15, -0.1) is 0 Å². The summed E-state index contributed by atoms with van der Waals surface area (Å²) in [7, 11) is -2.88. The molecule has 0 aliphatic carbocycles. The molecule has 3 aromatic carbocycles. The summed E-state index contributed by atoms with van der Waals surface area (Å²) in [6, 6.07) is 15.4. The fraction of sp³-hybridized carbons (Fsp3) is 0.200. The van der Waals surface area contributed by atoms with Crippen LogP contribution in [-0.4, -0.2) is 40.6 Å². The molecule has 0 aliphatic rings. The number of halogens is 1. The van der Waals surface area contributed by atoms with Crippen LogP contribution >= 0.6 is 0 Å². The van der Waals surface area contributed by atoms with Crippen molar-refractivity contribution in [3.05, 3.63) is 83.7 Å². The van der Waals surface area contributed by atoms with Crippen LogP contribution in [0, 0.1) is 12.7 Å². The van der Waals surface area contributed by atoms with E-state index in [0.717, 1.165) is 6.07 Å².